The number of rotatable bonds is 8. The van der Waals surface area contributed by atoms with Crippen molar-refractivity contribution in [3.05, 3.63) is 47.8 Å². The highest BCUT2D eigenvalue weighted by molar-refractivity contribution is 7.89. The molecule has 0 radical (unpaired) electrons. The van der Waals surface area contributed by atoms with Crippen molar-refractivity contribution in [3.63, 3.8) is 0 Å². The van der Waals surface area contributed by atoms with E-state index in [0.29, 0.717) is 31.1 Å². The zero-order chi connectivity index (χ0) is 21.6. The van der Waals surface area contributed by atoms with Gasteiger partial charge in [0, 0.05) is 25.0 Å². The number of sulfonamides is 1. The van der Waals surface area contributed by atoms with Gasteiger partial charge in [0.2, 0.25) is 10.0 Å². The van der Waals surface area contributed by atoms with Gasteiger partial charge < -0.3 is 19.8 Å². The highest BCUT2D eigenvalue weighted by Crippen LogP contribution is 2.19. The van der Waals surface area contributed by atoms with Crippen molar-refractivity contribution in [1.82, 2.24) is 9.29 Å². The molecule has 1 aliphatic rings. The second kappa shape index (κ2) is 9.88. The highest BCUT2D eigenvalue weighted by Gasteiger charge is 2.28. The zero-order valence-corrected chi connectivity index (χ0v) is 17.5. The number of morpholine rings is 1. The summed E-state index contributed by atoms with van der Waals surface area (Å²) < 4.78 is 37.0. The van der Waals surface area contributed by atoms with Crippen molar-refractivity contribution in [2.45, 2.75) is 24.7 Å². The number of esters is 1. The SMILES string of the molecule is CCCCOC(=O)c1ccc(NC(=O)c2cc(S(=O)(=O)N3CCOCC3)c[nH]2)cc1. The lowest BCUT2D eigenvalue weighted by molar-refractivity contribution is 0.0499. The van der Waals surface area contributed by atoms with Crippen LogP contribution in [-0.2, 0) is 19.5 Å². The minimum Gasteiger partial charge on any atom is -0.462 e. The first-order valence-corrected chi connectivity index (χ1v) is 11.2. The lowest BCUT2D eigenvalue weighted by Crippen LogP contribution is -2.40. The van der Waals surface area contributed by atoms with Crippen LogP contribution in [0.1, 0.15) is 40.6 Å². The molecule has 1 aromatic heterocycles. The van der Waals surface area contributed by atoms with E-state index < -0.39 is 21.9 Å². The van der Waals surface area contributed by atoms with E-state index >= 15 is 0 Å². The molecule has 0 unspecified atom stereocenters. The molecule has 0 spiro atoms. The Kier molecular flexibility index (Phi) is 7.24. The summed E-state index contributed by atoms with van der Waals surface area (Å²) in [6.45, 7) is 3.63. The van der Waals surface area contributed by atoms with Crippen LogP contribution >= 0.6 is 0 Å². The number of hydrogen-bond donors (Lipinski definition) is 2. The van der Waals surface area contributed by atoms with Gasteiger partial charge in [-0.25, -0.2) is 13.2 Å². The minimum absolute atomic E-state index is 0.0275. The lowest BCUT2D eigenvalue weighted by Gasteiger charge is -2.25. The summed E-state index contributed by atoms with van der Waals surface area (Å²) in [7, 11) is -3.68. The Labute approximate surface area is 175 Å². The smallest absolute Gasteiger partial charge is 0.338 e. The molecule has 2 heterocycles. The zero-order valence-electron chi connectivity index (χ0n) is 16.7. The number of hydrogen-bond acceptors (Lipinski definition) is 6. The van der Waals surface area contributed by atoms with Gasteiger partial charge in [-0.2, -0.15) is 4.31 Å². The number of nitrogens with one attached hydrogen (secondary N) is 2. The van der Waals surface area contributed by atoms with Crippen molar-refractivity contribution in [2.75, 3.05) is 38.2 Å². The first kappa shape index (κ1) is 22.0. The van der Waals surface area contributed by atoms with Gasteiger partial charge in [0.25, 0.3) is 5.91 Å². The molecule has 1 saturated heterocycles. The fraction of sp³-hybridized carbons (Fsp3) is 0.400. The number of aromatic amines is 1. The molecular formula is C20H25N3O6S. The van der Waals surface area contributed by atoms with Crippen LogP contribution in [0.5, 0.6) is 0 Å². The van der Waals surface area contributed by atoms with Gasteiger partial charge in [-0.15, -0.1) is 0 Å². The number of carbonyl (C=O) groups is 2. The summed E-state index contributed by atoms with van der Waals surface area (Å²) in [4.78, 5) is 27.1. The van der Waals surface area contributed by atoms with Gasteiger partial charge >= 0.3 is 5.97 Å². The minimum atomic E-state index is -3.68. The van der Waals surface area contributed by atoms with E-state index in [-0.39, 0.29) is 23.7 Å². The van der Waals surface area contributed by atoms with Crippen LogP contribution in [0, 0.1) is 0 Å². The molecule has 1 aromatic carbocycles. The molecule has 2 N–H and O–H groups in total. The van der Waals surface area contributed by atoms with Crippen LogP contribution in [0.4, 0.5) is 5.69 Å². The van der Waals surface area contributed by atoms with Gasteiger partial charge in [-0.1, -0.05) is 13.3 Å². The number of anilines is 1. The Balaban J connectivity index is 1.62. The molecule has 0 saturated carbocycles. The maximum Gasteiger partial charge on any atom is 0.338 e. The van der Waals surface area contributed by atoms with Crippen LogP contribution in [0.15, 0.2) is 41.4 Å². The molecule has 3 rings (SSSR count). The molecule has 1 amide bonds. The van der Waals surface area contributed by atoms with Gasteiger partial charge in [0.15, 0.2) is 0 Å². The summed E-state index contributed by atoms with van der Waals surface area (Å²) in [6.07, 6.45) is 3.04. The number of nitrogens with zero attached hydrogens (tertiary/aromatic N) is 1. The molecule has 0 atom stereocenters. The molecule has 30 heavy (non-hydrogen) atoms. The van der Waals surface area contributed by atoms with Gasteiger partial charge in [0.05, 0.1) is 25.4 Å². The van der Waals surface area contributed by atoms with Crippen LogP contribution in [-0.4, -0.2) is 62.5 Å². The predicted octanol–water partition coefficient (Wildman–Crippen LogP) is 2.24. The third-order valence-corrected chi connectivity index (χ3v) is 6.49. The van der Waals surface area contributed by atoms with Crippen molar-refractivity contribution < 1.29 is 27.5 Å². The van der Waals surface area contributed by atoms with Crippen molar-refractivity contribution in [1.29, 1.82) is 0 Å². The standard InChI is InChI=1S/C20H25N3O6S/c1-2-3-10-29-20(25)15-4-6-16(7-5-15)22-19(24)18-13-17(14-21-18)30(26,27)23-8-11-28-12-9-23/h4-7,13-14,21H,2-3,8-12H2,1H3,(H,22,24). The first-order valence-electron chi connectivity index (χ1n) is 9.76. The van der Waals surface area contributed by atoms with Crippen LogP contribution in [0.3, 0.4) is 0 Å². The highest BCUT2D eigenvalue weighted by atomic mass is 32.2. The third-order valence-electron chi connectivity index (χ3n) is 4.62. The normalized spacial score (nSPS) is 15.0. The predicted molar refractivity (Wildman–Crippen MR) is 110 cm³/mol. The number of benzene rings is 1. The molecule has 2 aromatic rings. The maximum atomic E-state index is 12.7. The number of carbonyl (C=O) groups excluding carboxylic acids is 2. The van der Waals surface area contributed by atoms with Crippen LogP contribution < -0.4 is 5.32 Å². The second-order valence-electron chi connectivity index (χ2n) is 6.79. The fourth-order valence-electron chi connectivity index (χ4n) is 2.87. The second-order valence-corrected chi connectivity index (χ2v) is 8.72. The average molecular weight is 436 g/mol. The molecule has 9 nitrogen and oxygen atoms in total. The summed E-state index contributed by atoms with van der Waals surface area (Å²) in [5.41, 5.74) is 0.977. The molecule has 0 aliphatic carbocycles. The van der Waals surface area contributed by atoms with Gasteiger partial charge in [-0.3, -0.25) is 4.79 Å². The molecule has 0 bridgehead atoms. The largest absolute Gasteiger partial charge is 0.462 e. The Morgan fingerprint density at radius 2 is 1.90 bits per heavy atom. The molecular weight excluding hydrogens is 410 g/mol. The monoisotopic (exact) mass is 435 g/mol. The van der Waals surface area contributed by atoms with Crippen LogP contribution in [0.25, 0.3) is 0 Å². The summed E-state index contributed by atoms with van der Waals surface area (Å²) in [5.74, 6) is -0.902. The maximum absolute atomic E-state index is 12.7. The number of ether oxygens (including phenoxy) is 2. The lowest BCUT2D eigenvalue weighted by atomic mass is 10.2. The van der Waals surface area contributed by atoms with E-state index in [0.717, 1.165) is 12.8 Å². The quantitative estimate of drug-likeness (QED) is 0.485. The Hall–Kier alpha value is -2.69. The number of aromatic nitrogens is 1. The van der Waals surface area contributed by atoms with E-state index in [9.17, 15) is 18.0 Å². The topological polar surface area (TPSA) is 118 Å². The van der Waals surface area contributed by atoms with Crippen LogP contribution in [0.2, 0.25) is 0 Å². The van der Waals surface area contributed by atoms with Gasteiger partial charge in [0.1, 0.15) is 10.6 Å². The van der Waals surface area contributed by atoms with Crippen molar-refractivity contribution in [2.24, 2.45) is 0 Å². The van der Waals surface area contributed by atoms with Gasteiger partial charge in [-0.05, 0) is 36.8 Å². The van der Waals surface area contributed by atoms with E-state index in [1.807, 2.05) is 6.92 Å². The third kappa shape index (κ3) is 5.26. The van der Waals surface area contributed by atoms with E-state index in [2.05, 4.69) is 10.3 Å². The summed E-state index contributed by atoms with van der Waals surface area (Å²) in [5, 5.41) is 2.67. The molecule has 1 fully saturated rings. The van der Waals surface area contributed by atoms with E-state index in [1.165, 1.54) is 16.6 Å². The Morgan fingerprint density at radius 3 is 2.57 bits per heavy atom. The molecule has 10 heteroatoms. The van der Waals surface area contributed by atoms with Crippen molar-refractivity contribution >= 4 is 27.6 Å². The molecule has 162 valence electrons. The number of amides is 1. The van der Waals surface area contributed by atoms with E-state index in [1.54, 1.807) is 24.3 Å². The molecule has 1 aliphatic heterocycles. The van der Waals surface area contributed by atoms with Crippen molar-refractivity contribution in [3.8, 4) is 0 Å². The van der Waals surface area contributed by atoms with E-state index in [4.69, 9.17) is 9.47 Å². The summed E-state index contributed by atoms with van der Waals surface area (Å²) >= 11 is 0. The Morgan fingerprint density at radius 1 is 1.20 bits per heavy atom. The number of unbranched alkanes of at least 4 members (excludes halogenated alkanes) is 1. The fourth-order valence-corrected chi connectivity index (χ4v) is 4.27. The average Bonchev–Trinajstić information content (AvgIpc) is 3.26. The Bertz CT molecular complexity index is 978. The number of H-pyrrole nitrogens is 1. The first-order chi connectivity index (χ1) is 14.4. The summed E-state index contributed by atoms with van der Waals surface area (Å²) in [6, 6.07) is 7.60.